The van der Waals surface area contributed by atoms with E-state index in [-0.39, 0.29) is 50.1 Å². The van der Waals surface area contributed by atoms with E-state index in [2.05, 4.69) is 4.84 Å². The first kappa shape index (κ1) is 33.8. The van der Waals surface area contributed by atoms with E-state index < -0.39 is 41.1 Å². The van der Waals surface area contributed by atoms with Crippen LogP contribution in [0, 0.1) is 22.0 Å². The van der Waals surface area contributed by atoms with Gasteiger partial charge in [0.2, 0.25) is 0 Å². The van der Waals surface area contributed by atoms with E-state index in [0.717, 1.165) is 12.1 Å². The fraction of sp³-hybridized carbons (Fsp3) is 0.500. The number of ether oxygens (including phenoxy) is 2. The molecule has 1 fully saturated rings. The van der Waals surface area contributed by atoms with Crippen molar-refractivity contribution in [2.24, 2.45) is 11.8 Å². The van der Waals surface area contributed by atoms with Crippen LogP contribution in [0.4, 0.5) is 13.2 Å². The van der Waals surface area contributed by atoms with Crippen molar-refractivity contribution in [3.8, 4) is 11.5 Å². The maximum Gasteiger partial charge on any atom is 0.416 e. The lowest BCUT2D eigenvalue weighted by Gasteiger charge is -2.23. The van der Waals surface area contributed by atoms with Gasteiger partial charge in [-0.3, -0.25) is 4.79 Å². The zero-order valence-corrected chi connectivity index (χ0v) is 23.4. The Hall–Kier alpha value is -3.68. The van der Waals surface area contributed by atoms with Crippen molar-refractivity contribution in [1.82, 2.24) is 0 Å². The highest BCUT2D eigenvalue weighted by atomic mass is 19.4. The van der Waals surface area contributed by atoms with E-state index in [1.165, 1.54) is 24.3 Å². The van der Waals surface area contributed by atoms with Gasteiger partial charge >= 0.3 is 12.1 Å². The van der Waals surface area contributed by atoms with Crippen molar-refractivity contribution >= 4 is 5.97 Å². The van der Waals surface area contributed by atoms with E-state index in [0.29, 0.717) is 37.0 Å². The van der Waals surface area contributed by atoms with E-state index in [4.69, 9.17) is 9.47 Å². The van der Waals surface area contributed by atoms with Gasteiger partial charge in [0, 0.05) is 6.42 Å². The van der Waals surface area contributed by atoms with Crippen LogP contribution in [-0.4, -0.2) is 51.3 Å². The smallest absolute Gasteiger partial charge is 0.416 e. The average Bonchev–Trinajstić information content (AvgIpc) is 3.23. The summed E-state index contributed by atoms with van der Waals surface area (Å²) >= 11 is 0. The minimum absolute atomic E-state index is 0.00178. The van der Waals surface area contributed by atoms with E-state index in [1.54, 1.807) is 12.1 Å². The normalized spacial score (nSPS) is 21.1. The van der Waals surface area contributed by atoms with Gasteiger partial charge in [-0.05, 0) is 86.3 Å². The monoisotopic (exact) mass is 611 g/mol. The van der Waals surface area contributed by atoms with Crippen LogP contribution >= 0.6 is 0 Å². The van der Waals surface area contributed by atoms with Crippen molar-refractivity contribution in [2.45, 2.75) is 76.0 Å². The summed E-state index contributed by atoms with van der Waals surface area (Å²) in [6.07, 6.45) is -0.479. The predicted molar refractivity (Wildman–Crippen MR) is 147 cm³/mol. The second kappa shape index (κ2) is 16.2. The lowest BCUT2D eigenvalue weighted by Crippen LogP contribution is -2.25. The van der Waals surface area contributed by atoms with Crippen molar-refractivity contribution in [2.75, 3.05) is 6.61 Å². The highest BCUT2D eigenvalue weighted by Gasteiger charge is 2.40. The van der Waals surface area contributed by atoms with Crippen LogP contribution < -0.4 is 9.47 Å². The van der Waals surface area contributed by atoms with Gasteiger partial charge in [0.25, 0.3) is 5.09 Å². The largest absolute Gasteiger partial charge is 0.491 e. The number of allylic oxidation sites excluding steroid dienone is 2. The van der Waals surface area contributed by atoms with Gasteiger partial charge in [0.15, 0.2) is 0 Å². The lowest BCUT2D eigenvalue weighted by atomic mass is 9.86. The number of carbonyl (C=O) groups is 1. The summed E-state index contributed by atoms with van der Waals surface area (Å²) in [6, 6.07) is 10.6. The fourth-order valence-corrected chi connectivity index (χ4v) is 5.03. The zero-order valence-electron chi connectivity index (χ0n) is 23.4. The maximum absolute atomic E-state index is 12.9. The highest BCUT2D eigenvalue weighted by Crippen LogP contribution is 2.38. The molecule has 0 heterocycles. The molecule has 3 rings (SSSR count). The number of aliphatic hydroxyl groups is 3. The van der Waals surface area contributed by atoms with Crippen LogP contribution in [0.2, 0.25) is 0 Å². The lowest BCUT2D eigenvalue weighted by molar-refractivity contribution is -0.763. The molecule has 0 aromatic heterocycles. The summed E-state index contributed by atoms with van der Waals surface area (Å²) in [4.78, 5) is 26.6. The number of halogens is 3. The Morgan fingerprint density at radius 1 is 1.07 bits per heavy atom. The molecular formula is C30H36F3NO9. The van der Waals surface area contributed by atoms with Gasteiger partial charge in [-0.15, -0.1) is 10.1 Å². The average molecular weight is 612 g/mol. The molecule has 3 N–H and O–H groups in total. The number of nitrogens with zero attached hydrogens (tertiary/aromatic N) is 1. The summed E-state index contributed by atoms with van der Waals surface area (Å²) in [5.74, 6) is -0.606. The summed E-state index contributed by atoms with van der Waals surface area (Å²) in [6.45, 7) is -0.404. The number of hydrogen-bond acceptors (Lipinski definition) is 9. The van der Waals surface area contributed by atoms with Crippen LogP contribution in [0.5, 0.6) is 11.5 Å². The molecule has 1 aliphatic rings. The standard InChI is InChI=1S/C30H36F3NO9/c31-30(32,33)21-6-5-7-24(16-21)41-19-22(35)12-15-26-25(27(36)17-28(26)37)8-3-1-2-4-9-29(38)43-23-13-10-20(11-14-23)18-42-34(39)40/h1,3,5-7,10-11,13-14,16,22,25-28,35-37H,2,4,8-9,12,15,17-19H2/b3-1-/t22-,25-,26-,27+,28-/m1/s1. The second-order valence-electron chi connectivity index (χ2n) is 10.5. The summed E-state index contributed by atoms with van der Waals surface area (Å²) in [7, 11) is 0. The summed E-state index contributed by atoms with van der Waals surface area (Å²) < 4.78 is 49.2. The Labute approximate surface area is 246 Å². The molecule has 1 saturated carbocycles. The third-order valence-electron chi connectivity index (χ3n) is 7.28. The molecule has 0 unspecified atom stereocenters. The maximum atomic E-state index is 12.9. The molecular weight excluding hydrogens is 575 g/mol. The quantitative estimate of drug-likeness (QED) is 0.0595. The number of aliphatic hydroxyl groups excluding tert-OH is 3. The van der Waals surface area contributed by atoms with E-state index in [9.17, 15) is 43.4 Å². The van der Waals surface area contributed by atoms with Crippen LogP contribution in [-0.2, 0) is 22.4 Å². The molecule has 10 nitrogen and oxygen atoms in total. The van der Waals surface area contributed by atoms with Crippen LogP contribution in [0.3, 0.4) is 0 Å². The SMILES string of the molecule is O=C(CCC/C=C\C[C@@H]1[C@@H](CC[C@@H](O)COc2cccc(C(F)(F)F)c2)[C@H](O)C[C@@H]1O)Oc1ccc(CO[N+](=O)[O-])cc1. The van der Waals surface area contributed by atoms with Gasteiger partial charge < -0.3 is 29.6 Å². The third-order valence-corrected chi connectivity index (χ3v) is 7.28. The number of unbranched alkanes of at least 4 members (excludes halogenated alkanes) is 1. The van der Waals surface area contributed by atoms with Crippen LogP contribution in [0.15, 0.2) is 60.7 Å². The number of benzene rings is 2. The molecule has 0 radical (unpaired) electrons. The van der Waals surface area contributed by atoms with Crippen molar-refractivity contribution in [3.63, 3.8) is 0 Å². The van der Waals surface area contributed by atoms with Crippen LogP contribution in [0.1, 0.15) is 56.1 Å². The Balaban J connectivity index is 1.36. The van der Waals surface area contributed by atoms with Crippen molar-refractivity contribution in [1.29, 1.82) is 0 Å². The number of esters is 1. The van der Waals surface area contributed by atoms with Gasteiger partial charge in [0.1, 0.15) is 24.7 Å². The van der Waals surface area contributed by atoms with E-state index >= 15 is 0 Å². The van der Waals surface area contributed by atoms with Gasteiger partial charge in [-0.2, -0.15) is 13.2 Å². The first-order valence-corrected chi connectivity index (χ1v) is 14.0. The number of alkyl halides is 3. The molecule has 2 aromatic rings. The van der Waals surface area contributed by atoms with E-state index in [1.807, 2.05) is 12.2 Å². The molecule has 5 atom stereocenters. The van der Waals surface area contributed by atoms with Gasteiger partial charge in [-0.25, -0.2) is 0 Å². The molecule has 236 valence electrons. The number of carbonyl (C=O) groups excluding carboxylic acids is 1. The summed E-state index contributed by atoms with van der Waals surface area (Å²) in [5, 5.41) is 40.6. The predicted octanol–water partition coefficient (Wildman–Crippen LogP) is 5.01. The Bertz CT molecular complexity index is 1210. The molecule has 43 heavy (non-hydrogen) atoms. The number of hydrogen-bond donors (Lipinski definition) is 3. The Morgan fingerprint density at radius 2 is 1.79 bits per heavy atom. The second-order valence-corrected chi connectivity index (χ2v) is 10.5. The van der Waals surface area contributed by atoms with Gasteiger partial charge in [0.05, 0.1) is 23.9 Å². The fourth-order valence-electron chi connectivity index (χ4n) is 5.03. The van der Waals surface area contributed by atoms with Gasteiger partial charge in [-0.1, -0.05) is 30.4 Å². The minimum atomic E-state index is -4.50. The molecule has 2 aromatic carbocycles. The Kier molecular flexibility index (Phi) is 12.8. The molecule has 0 amide bonds. The topological polar surface area (TPSA) is 149 Å². The molecule has 0 aliphatic heterocycles. The molecule has 13 heteroatoms. The first-order valence-electron chi connectivity index (χ1n) is 14.0. The Morgan fingerprint density at radius 3 is 2.49 bits per heavy atom. The third kappa shape index (κ3) is 11.5. The molecule has 0 spiro atoms. The summed E-state index contributed by atoms with van der Waals surface area (Å²) in [5.41, 5.74) is -0.284. The zero-order chi connectivity index (χ0) is 31.4. The number of rotatable bonds is 16. The molecule has 0 bridgehead atoms. The molecule has 1 aliphatic carbocycles. The first-order chi connectivity index (χ1) is 20.4. The van der Waals surface area contributed by atoms with Crippen molar-refractivity contribution < 1.29 is 52.7 Å². The van der Waals surface area contributed by atoms with Crippen molar-refractivity contribution in [3.05, 3.63) is 81.9 Å². The molecule has 0 saturated heterocycles. The highest BCUT2D eigenvalue weighted by molar-refractivity contribution is 5.72. The minimum Gasteiger partial charge on any atom is -0.491 e. The van der Waals surface area contributed by atoms with Crippen LogP contribution in [0.25, 0.3) is 0 Å².